The summed E-state index contributed by atoms with van der Waals surface area (Å²) in [5, 5.41) is 3.57. The minimum absolute atomic E-state index is 0.620. The Kier molecular flexibility index (Phi) is 3.39. The van der Waals surface area contributed by atoms with Gasteiger partial charge in [-0.3, -0.25) is 4.90 Å². The number of hydrogen-bond acceptors (Lipinski definition) is 3. The molecule has 1 aromatic heterocycles. The standard InChI is InChI=1S/C14H24N4/c1-11(17(2)12-3-4-12)7-15-8-14-9-16-10-18(14)13-5-6-13/h9-13,15H,3-8H2,1-2H3. The minimum Gasteiger partial charge on any atom is -0.330 e. The van der Waals surface area contributed by atoms with Crippen LogP contribution in [0.25, 0.3) is 0 Å². The maximum absolute atomic E-state index is 4.27. The topological polar surface area (TPSA) is 33.1 Å². The number of likely N-dealkylation sites (N-methyl/N-ethyl adjacent to an activating group) is 1. The van der Waals surface area contributed by atoms with E-state index in [2.05, 4.69) is 33.7 Å². The predicted molar refractivity (Wildman–Crippen MR) is 72.5 cm³/mol. The van der Waals surface area contributed by atoms with Crippen molar-refractivity contribution in [2.45, 2.75) is 57.3 Å². The molecule has 3 rings (SSSR count). The van der Waals surface area contributed by atoms with Gasteiger partial charge in [0.25, 0.3) is 0 Å². The number of rotatable bonds is 7. The highest BCUT2D eigenvalue weighted by atomic mass is 15.2. The van der Waals surface area contributed by atoms with Crippen molar-refractivity contribution in [3.05, 3.63) is 18.2 Å². The van der Waals surface area contributed by atoms with Crippen molar-refractivity contribution in [2.24, 2.45) is 0 Å². The van der Waals surface area contributed by atoms with Gasteiger partial charge in [-0.2, -0.15) is 0 Å². The van der Waals surface area contributed by atoms with Gasteiger partial charge in [0.1, 0.15) is 0 Å². The Bertz CT molecular complexity index is 392. The van der Waals surface area contributed by atoms with Gasteiger partial charge in [-0.1, -0.05) is 0 Å². The van der Waals surface area contributed by atoms with Crippen molar-refractivity contribution in [2.75, 3.05) is 13.6 Å². The summed E-state index contributed by atoms with van der Waals surface area (Å²) in [6.45, 7) is 4.31. The fraction of sp³-hybridized carbons (Fsp3) is 0.786. The second kappa shape index (κ2) is 5.02. The maximum atomic E-state index is 4.27. The first kappa shape index (κ1) is 12.2. The smallest absolute Gasteiger partial charge is 0.0951 e. The lowest BCUT2D eigenvalue weighted by Gasteiger charge is -2.24. The third-order valence-corrected chi connectivity index (χ3v) is 4.25. The third kappa shape index (κ3) is 2.75. The molecule has 1 heterocycles. The molecule has 0 bridgehead atoms. The average Bonchev–Trinajstić information content (AvgIpc) is 3.27. The highest BCUT2D eigenvalue weighted by Crippen LogP contribution is 2.35. The molecule has 4 heteroatoms. The molecule has 0 amide bonds. The Morgan fingerprint density at radius 1 is 1.44 bits per heavy atom. The van der Waals surface area contributed by atoms with E-state index in [-0.39, 0.29) is 0 Å². The Balaban J connectivity index is 1.44. The van der Waals surface area contributed by atoms with Crippen LogP contribution in [0, 0.1) is 0 Å². The third-order valence-electron chi connectivity index (χ3n) is 4.25. The van der Waals surface area contributed by atoms with Gasteiger partial charge in [-0.05, 0) is 39.7 Å². The molecule has 1 atom stereocenters. The summed E-state index contributed by atoms with van der Waals surface area (Å²) in [6.07, 6.45) is 9.40. The average molecular weight is 248 g/mol. The molecule has 0 saturated heterocycles. The lowest BCUT2D eigenvalue weighted by Crippen LogP contribution is -2.39. The molecule has 0 radical (unpaired) electrons. The molecule has 1 aromatic rings. The maximum Gasteiger partial charge on any atom is 0.0951 e. The molecule has 18 heavy (non-hydrogen) atoms. The van der Waals surface area contributed by atoms with E-state index >= 15 is 0 Å². The summed E-state index contributed by atoms with van der Waals surface area (Å²) >= 11 is 0. The number of aromatic nitrogens is 2. The van der Waals surface area contributed by atoms with E-state index in [1.54, 1.807) is 0 Å². The van der Waals surface area contributed by atoms with Crippen LogP contribution in [0.4, 0.5) is 0 Å². The SMILES string of the molecule is CC(CNCc1cncn1C1CC1)N(C)C1CC1. The molecule has 1 N–H and O–H groups in total. The van der Waals surface area contributed by atoms with Gasteiger partial charge >= 0.3 is 0 Å². The van der Waals surface area contributed by atoms with Crippen LogP contribution in [0.5, 0.6) is 0 Å². The van der Waals surface area contributed by atoms with Crippen molar-refractivity contribution in [1.82, 2.24) is 19.8 Å². The van der Waals surface area contributed by atoms with Crippen LogP contribution >= 0.6 is 0 Å². The van der Waals surface area contributed by atoms with Crippen LogP contribution in [-0.2, 0) is 6.54 Å². The summed E-state index contributed by atoms with van der Waals surface area (Å²) in [7, 11) is 2.25. The first-order valence-corrected chi connectivity index (χ1v) is 7.19. The lowest BCUT2D eigenvalue weighted by atomic mass is 10.3. The highest BCUT2D eigenvalue weighted by molar-refractivity contribution is 5.03. The molecule has 0 spiro atoms. The normalized spacial score (nSPS) is 21.5. The first-order valence-electron chi connectivity index (χ1n) is 7.19. The molecule has 2 aliphatic rings. The van der Waals surface area contributed by atoms with E-state index in [4.69, 9.17) is 0 Å². The molecular formula is C14H24N4. The van der Waals surface area contributed by atoms with Crippen molar-refractivity contribution < 1.29 is 0 Å². The van der Waals surface area contributed by atoms with Crippen LogP contribution in [0.3, 0.4) is 0 Å². The van der Waals surface area contributed by atoms with Crippen LogP contribution < -0.4 is 5.32 Å². The summed E-state index contributed by atoms with van der Waals surface area (Å²) in [4.78, 5) is 6.77. The van der Waals surface area contributed by atoms with Crippen molar-refractivity contribution in [3.8, 4) is 0 Å². The number of imidazole rings is 1. The summed E-state index contributed by atoms with van der Waals surface area (Å²) in [5.74, 6) is 0. The van der Waals surface area contributed by atoms with Crippen LogP contribution in [0.15, 0.2) is 12.5 Å². The van der Waals surface area contributed by atoms with Crippen molar-refractivity contribution in [3.63, 3.8) is 0 Å². The second-order valence-electron chi connectivity index (χ2n) is 5.90. The monoisotopic (exact) mass is 248 g/mol. The van der Waals surface area contributed by atoms with E-state index in [1.807, 2.05) is 12.5 Å². The van der Waals surface area contributed by atoms with E-state index in [1.165, 1.54) is 31.4 Å². The van der Waals surface area contributed by atoms with Gasteiger partial charge in [0.2, 0.25) is 0 Å². The molecule has 2 aliphatic carbocycles. The Morgan fingerprint density at radius 2 is 2.22 bits per heavy atom. The zero-order valence-electron chi connectivity index (χ0n) is 11.5. The molecule has 2 saturated carbocycles. The van der Waals surface area contributed by atoms with Crippen molar-refractivity contribution >= 4 is 0 Å². The number of nitrogens with zero attached hydrogens (tertiary/aromatic N) is 3. The van der Waals surface area contributed by atoms with Crippen LogP contribution in [-0.4, -0.2) is 40.1 Å². The fourth-order valence-corrected chi connectivity index (χ4v) is 2.55. The minimum atomic E-state index is 0.620. The Labute approximate surface area is 109 Å². The van der Waals surface area contributed by atoms with Gasteiger partial charge in [-0.15, -0.1) is 0 Å². The Hall–Kier alpha value is -0.870. The molecule has 100 valence electrons. The zero-order valence-corrected chi connectivity index (χ0v) is 11.5. The fourth-order valence-electron chi connectivity index (χ4n) is 2.55. The van der Waals surface area contributed by atoms with Gasteiger partial charge in [0, 0.05) is 37.4 Å². The predicted octanol–water partition coefficient (Wildman–Crippen LogP) is 1.79. The number of hydrogen-bond donors (Lipinski definition) is 1. The van der Waals surface area contributed by atoms with E-state index in [0.717, 1.165) is 25.2 Å². The van der Waals surface area contributed by atoms with E-state index < -0.39 is 0 Å². The molecule has 4 nitrogen and oxygen atoms in total. The summed E-state index contributed by atoms with van der Waals surface area (Å²) in [5.41, 5.74) is 1.33. The highest BCUT2D eigenvalue weighted by Gasteiger charge is 2.29. The van der Waals surface area contributed by atoms with E-state index in [9.17, 15) is 0 Å². The Morgan fingerprint density at radius 3 is 2.89 bits per heavy atom. The second-order valence-corrected chi connectivity index (χ2v) is 5.90. The van der Waals surface area contributed by atoms with Gasteiger partial charge in [0.15, 0.2) is 0 Å². The van der Waals surface area contributed by atoms with Gasteiger partial charge in [-0.25, -0.2) is 4.98 Å². The summed E-state index contributed by atoms with van der Waals surface area (Å²) < 4.78 is 2.34. The van der Waals surface area contributed by atoms with Gasteiger partial charge < -0.3 is 9.88 Å². The molecule has 1 unspecified atom stereocenters. The van der Waals surface area contributed by atoms with Crippen molar-refractivity contribution in [1.29, 1.82) is 0 Å². The largest absolute Gasteiger partial charge is 0.330 e. The van der Waals surface area contributed by atoms with Crippen LogP contribution in [0.1, 0.15) is 44.3 Å². The lowest BCUT2D eigenvalue weighted by molar-refractivity contribution is 0.240. The van der Waals surface area contributed by atoms with Crippen LogP contribution in [0.2, 0.25) is 0 Å². The zero-order chi connectivity index (χ0) is 12.5. The van der Waals surface area contributed by atoms with Gasteiger partial charge in [0.05, 0.1) is 12.0 Å². The molecule has 0 aromatic carbocycles. The quantitative estimate of drug-likeness (QED) is 0.798. The first-order chi connectivity index (χ1) is 8.75. The molecular weight excluding hydrogens is 224 g/mol. The molecule has 2 fully saturated rings. The van der Waals surface area contributed by atoms with E-state index in [0.29, 0.717) is 6.04 Å². The molecule has 0 aliphatic heterocycles. The summed E-state index contributed by atoms with van der Waals surface area (Å²) in [6, 6.07) is 2.20. The number of nitrogens with one attached hydrogen (secondary N) is 1.